The standard InChI is InChI=1S/C28H35F2N3O4/c29-28(30)11-3-4-17(13-28)19-14-32(15-19)22-5-1-2-6-24(22)37-20-7-8-21-18(12-20)16-33(27(21)36)23-9-10-25(34)31-26(23)35/h7-8,12,17,19,22-24H,1-6,9-11,13-16H2,(H,31,34,35)/t17?,22-,23?,24-/m0/s1. The Labute approximate surface area is 215 Å². The van der Waals surface area contributed by atoms with Crippen molar-refractivity contribution in [1.82, 2.24) is 15.1 Å². The molecule has 4 atom stereocenters. The van der Waals surface area contributed by atoms with Crippen LogP contribution in [-0.4, -0.2) is 64.7 Å². The summed E-state index contributed by atoms with van der Waals surface area (Å²) in [6, 6.07) is 5.17. The number of nitrogens with one attached hydrogen (secondary N) is 1. The third kappa shape index (κ3) is 4.87. The van der Waals surface area contributed by atoms with E-state index in [4.69, 9.17) is 4.74 Å². The largest absolute Gasteiger partial charge is 0.489 e. The maximum absolute atomic E-state index is 13.9. The van der Waals surface area contributed by atoms with E-state index in [1.54, 1.807) is 11.0 Å². The third-order valence-electron chi connectivity index (χ3n) is 9.20. The first-order valence-corrected chi connectivity index (χ1v) is 13.8. The van der Waals surface area contributed by atoms with Gasteiger partial charge in [0.2, 0.25) is 17.7 Å². The summed E-state index contributed by atoms with van der Waals surface area (Å²) in [4.78, 5) is 40.8. The van der Waals surface area contributed by atoms with Gasteiger partial charge in [-0.25, -0.2) is 8.78 Å². The molecule has 4 fully saturated rings. The number of halogens is 2. The molecule has 1 aromatic carbocycles. The zero-order chi connectivity index (χ0) is 25.7. The predicted octanol–water partition coefficient (Wildman–Crippen LogP) is 3.89. The Morgan fingerprint density at radius 2 is 1.78 bits per heavy atom. The van der Waals surface area contributed by atoms with E-state index in [9.17, 15) is 23.2 Å². The molecule has 0 radical (unpaired) electrons. The molecule has 2 aliphatic carbocycles. The highest BCUT2D eigenvalue weighted by molar-refractivity contribution is 6.05. The maximum atomic E-state index is 13.9. The van der Waals surface area contributed by atoms with Crippen LogP contribution in [0.3, 0.4) is 0 Å². The quantitative estimate of drug-likeness (QED) is 0.602. The second kappa shape index (κ2) is 9.64. The van der Waals surface area contributed by atoms with Crippen LogP contribution < -0.4 is 10.1 Å². The van der Waals surface area contributed by atoms with Crippen molar-refractivity contribution in [2.75, 3.05) is 13.1 Å². The van der Waals surface area contributed by atoms with Gasteiger partial charge >= 0.3 is 0 Å². The number of rotatable bonds is 5. The Hall–Kier alpha value is -2.55. The molecule has 2 saturated carbocycles. The lowest BCUT2D eigenvalue weighted by atomic mass is 9.74. The zero-order valence-corrected chi connectivity index (χ0v) is 21.1. The van der Waals surface area contributed by atoms with Gasteiger partial charge in [0, 0.05) is 50.5 Å². The minimum Gasteiger partial charge on any atom is -0.489 e. The summed E-state index contributed by atoms with van der Waals surface area (Å²) in [5.74, 6) is -2.19. The molecule has 6 rings (SSSR count). The molecule has 1 N–H and O–H groups in total. The van der Waals surface area contributed by atoms with E-state index in [0.717, 1.165) is 56.5 Å². The Balaban J connectivity index is 1.09. The molecular formula is C28H35F2N3O4. The second-order valence-electron chi connectivity index (χ2n) is 11.7. The molecule has 0 aromatic heterocycles. The highest BCUT2D eigenvalue weighted by Gasteiger charge is 2.46. The molecule has 37 heavy (non-hydrogen) atoms. The van der Waals surface area contributed by atoms with E-state index in [0.29, 0.717) is 30.9 Å². The Morgan fingerprint density at radius 3 is 2.57 bits per heavy atom. The van der Waals surface area contributed by atoms with E-state index in [1.165, 1.54) is 0 Å². The molecule has 200 valence electrons. The number of imide groups is 1. The molecule has 3 amide bonds. The van der Waals surface area contributed by atoms with Gasteiger partial charge in [-0.3, -0.25) is 24.6 Å². The van der Waals surface area contributed by atoms with Crippen LogP contribution in [0.25, 0.3) is 0 Å². The van der Waals surface area contributed by atoms with E-state index in [-0.39, 0.29) is 49.1 Å². The lowest BCUT2D eigenvalue weighted by molar-refractivity contribution is -0.136. The van der Waals surface area contributed by atoms with Crippen molar-refractivity contribution in [3.63, 3.8) is 0 Å². The van der Waals surface area contributed by atoms with Gasteiger partial charge in [-0.1, -0.05) is 6.42 Å². The smallest absolute Gasteiger partial charge is 0.255 e. The van der Waals surface area contributed by atoms with Crippen LogP contribution in [0.2, 0.25) is 0 Å². The summed E-state index contributed by atoms with van der Waals surface area (Å²) in [7, 11) is 0. The zero-order valence-electron chi connectivity index (χ0n) is 21.1. The summed E-state index contributed by atoms with van der Waals surface area (Å²) in [5, 5.41) is 2.34. The number of amides is 3. The summed E-state index contributed by atoms with van der Waals surface area (Å²) < 4.78 is 34.3. The van der Waals surface area contributed by atoms with Crippen LogP contribution >= 0.6 is 0 Å². The Kier molecular flexibility index (Phi) is 6.45. The highest BCUT2D eigenvalue weighted by Crippen LogP contribution is 2.44. The summed E-state index contributed by atoms with van der Waals surface area (Å²) in [5.41, 5.74) is 1.41. The number of benzene rings is 1. The molecule has 9 heteroatoms. The normalized spacial score (nSPS) is 32.6. The predicted molar refractivity (Wildman–Crippen MR) is 131 cm³/mol. The molecule has 1 aromatic rings. The van der Waals surface area contributed by atoms with Gasteiger partial charge in [-0.2, -0.15) is 0 Å². The minimum absolute atomic E-state index is 0.0314. The van der Waals surface area contributed by atoms with Crippen LogP contribution in [0.5, 0.6) is 5.75 Å². The Bertz CT molecular complexity index is 1090. The molecular weight excluding hydrogens is 480 g/mol. The lowest BCUT2D eigenvalue weighted by Gasteiger charge is -2.51. The fraction of sp³-hybridized carbons (Fsp3) is 0.679. The van der Waals surface area contributed by atoms with Gasteiger partial charge in [0.1, 0.15) is 17.9 Å². The van der Waals surface area contributed by atoms with Crippen molar-refractivity contribution in [1.29, 1.82) is 0 Å². The van der Waals surface area contributed by atoms with Crippen molar-refractivity contribution in [3.05, 3.63) is 29.3 Å². The number of hydrogen-bond acceptors (Lipinski definition) is 5. The highest BCUT2D eigenvalue weighted by atomic mass is 19.3. The number of hydrogen-bond donors (Lipinski definition) is 1. The number of fused-ring (bicyclic) bond motifs is 1. The van der Waals surface area contributed by atoms with Gasteiger partial charge in [-0.05, 0) is 74.1 Å². The van der Waals surface area contributed by atoms with Crippen LogP contribution in [0.4, 0.5) is 8.78 Å². The average Bonchev–Trinajstić information content (AvgIpc) is 3.14. The molecule has 2 unspecified atom stereocenters. The Morgan fingerprint density at radius 1 is 0.973 bits per heavy atom. The van der Waals surface area contributed by atoms with Crippen LogP contribution in [0, 0.1) is 11.8 Å². The monoisotopic (exact) mass is 515 g/mol. The second-order valence-corrected chi connectivity index (χ2v) is 11.7. The van der Waals surface area contributed by atoms with Crippen molar-refractivity contribution in [2.45, 2.75) is 94.9 Å². The number of piperidine rings is 1. The van der Waals surface area contributed by atoms with Crippen molar-refractivity contribution in [2.24, 2.45) is 11.8 Å². The first kappa shape index (κ1) is 24.8. The van der Waals surface area contributed by atoms with Gasteiger partial charge in [0.25, 0.3) is 5.91 Å². The number of alkyl halides is 2. The summed E-state index contributed by atoms with van der Waals surface area (Å²) >= 11 is 0. The number of likely N-dealkylation sites (tertiary alicyclic amines) is 1. The van der Waals surface area contributed by atoms with Crippen LogP contribution in [-0.2, 0) is 16.1 Å². The first-order valence-electron chi connectivity index (χ1n) is 13.8. The van der Waals surface area contributed by atoms with Gasteiger partial charge in [0.05, 0.1) is 0 Å². The van der Waals surface area contributed by atoms with Crippen molar-refractivity contribution < 1.29 is 27.9 Å². The topological polar surface area (TPSA) is 79.0 Å². The molecule has 3 aliphatic heterocycles. The lowest BCUT2D eigenvalue weighted by Crippen LogP contribution is -2.60. The van der Waals surface area contributed by atoms with E-state index in [2.05, 4.69) is 10.2 Å². The molecule has 0 bridgehead atoms. The van der Waals surface area contributed by atoms with E-state index >= 15 is 0 Å². The number of carbonyl (C=O) groups is 3. The fourth-order valence-electron chi connectivity index (χ4n) is 7.16. The summed E-state index contributed by atoms with van der Waals surface area (Å²) in [6.07, 6.45) is 6.47. The number of ether oxygens (including phenoxy) is 1. The third-order valence-corrected chi connectivity index (χ3v) is 9.20. The number of nitrogens with zero attached hydrogens (tertiary/aromatic N) is 2. The molecule has 7 nitrogen and oxygen atoms in total. The first-order chi connectivity index (χ1) is 17.8. The SMILES string of the molecule is O=C1CCC(N2Cc3cc(O[C@H]4CCCC[C@@H]4N4CC(C5CCCC(F)(F)C5)C4)ccc3C2=O)C(=O)N1. The fourth-order valence-corrected chi connectivity index (χ4v) is 7.16. The number of carbonyl (C=O) groups excluding carboxylic acids is 3. The van der Waals surface area contributed by atoms with Gasteiger partial charge in [0.15, 0.2) is 0 Å². The molecule has 3 heterocycles. The van der Waals surface area contributed by atoms with Crippen LogP contribution in [0.1, 0.15) is 80.1 Å². The molecule has 0 spiro atoms. The van der Waals surface area contributed by atoms with Crippen molar-refractivity contribution in [3.8, 4) is 5.75 Å². The van der Waals surface area contributed by atoms with Gasteiger partial charge < -0.3 is 9.64 Å². The summed E-state index contributed by atoms with van der Waals surface area (Å²) in [6.45, 7) is 2.08. The van der Waals surface area contributed by atoms with Gasteiger partial charge in [-0.15, -0.1) is 0 Å². The van der Waals surface area contributed by atoms with Crippen molar-refractivity contribution >= 4 is 17.7 Å². The van der Waals surface area contributed by atoms with E-state index < -0.39 is 17.9 Å². The van der Waals surface area contributed by atoms with E-state index in [1.807, 2.05) is 12.1 Å². The molecule has 2 saturated heterocycles. The molecule has 5 aliphatic rings. The average molecular weight is 516 g/mol. The maximum Gasteiger partial charge on any atom is 0.255 e. The minimum atomic E-state index is -2.50. The van der Waals surface area contributed by atoms with Crippen LogP contribution in [0.15, 0.2) is 18.2 Å².